The molecule has 2 aromatic heterocycles. The summed E-state index contributed by atoms with van der Waals surface area (Å²) in [5, 5.41) is 16.2. The number of nitrogens with zero attached hydrogens (tertiary/aromatic N) is 3. The third-order valence-corrected chi connectivity index (χ3v) is 8.92. The number of thiophene rings is 1. The van der Waals surface area contributed by atoms with Gasteiger partial charge in [0.05, 0.1) is 24.0 Å². The molecule has 2 amide bonds. The second-order valence-corrected chi connectivity index (χ2v) is 12.1. The molecule has 1 aliphatic rings. The van der Waals surface area contributed by atoms with Crippen LogP contribution in [0.3, 0.4) is 0 Å². The molecule has 2 N–H and O–H groups in total. The smallest absolute Gasteiger partial charge is 0.341 e. The van der Waals surface area contributed by atoms with Crippen molar-refractivity contribution in [3.8, 4) is 0 Å². The summed E-state index contributed by atoms with van der Waals surface area (Å²) in [7, 11) is 1.81. The van der Waals surface area contributed by atoms with Crippen molar-refractivity contribution in [3.63, 3.8) is 0 Å². The number of nitrogens with one attached hydrogen (secondary N) is 2. The zero-order valence-electron chi connectivity index (χ0n) is 22.4. The number of esters is 1. The topological polar surface area (TPSA) is 115 Å². The number of hydrogen-bond acceptors (Lipinski definition) is 8. The standard InChI is InChI=1S/C27H32ClN5O4S2/c1-5-37-26(36)21-18-8-6-7-9-19(18)39-25(21)29-20(34)14-38-27-32-31-23(33(27)4)22(15(2)3)30-24(35)16-10-12-17(28)13-11-16/h10-13,15,22H,5-9,14H2,1-4H3,(H,29,34)(H,30,35)/t22-/m0/s1. The first-order valence-corrected chi connectivity index (χ1v) is 15.1. The van der Waals surface area contributed by atoms with E-state index in [9.17, 15) is 14.4 Å². The average molecular weight is 590 g/mol. The van der Waals surface area contributed by atoms with Crippen LogP contribution < -0.4 is 10.6 Å². The Balaban J connectivity index is 1.43. The van der Waals surface area contributed by atoms with Crippen LogP contribution in [-0.4, -0.2) is 44.9 Å². The second-order valence-electron chi connectivity index (χ2n) is 9.57. The van der Waals surface area contributed by atoms with Crippen LogP contribution in [0.15, 0.2) is 29.4 Å². The summed E-state index contributed by atoms with van der Waals surface area (Å²) < 4.78 is 7.07. The number of fused-ring (bicyclic) bond motifs is 1. The minimum Gasteiger partial charge on any atom is -0.462 e. The average Bonchev–Trinajstić information content (AvgIpc) is 3.45. The molecule has 0 saturated carbocycles. The predicted molar refractivity (Wildman–Crippen MR) is 154 cm³/mol. The van der Waals surface area contributed by atoms with Gasteiger partial charge in [0.2, 0.25) is 5.91 Å². The van der Waals surface area contributed by atoms with Gasteiger partial charge in [-0.2, -0.15) is 0 Å². The van der Waals surface area contributed by atoms with E-state index in [2.05, 4.69) is 20.8 Å². The Morgan fingerprint density at radius 3 is 2.56 bits per heavy atom. The van der Waals surface area contributed by atoms with E-state index in [-0.39, 0.29) is 30.1 Å². The summed E-state index contributed by atoms with van der Waals surface area (Å²) >= 11 is 8.64. The van der Waals surface area contributed by atoms with E-state index in [4.69, 9.17) is 16.3 Å². The lowest BCUT2D eigenvalue weighted by atomic mass is 9.95. The maximum Gasteiger partial charge on any atom is 0.341 e. The van der Waals surface area contributed by atoms with Crippen molar-refractivity contribution >= 4 is 57.5 Å². The van der Waals surface area contributed by atoms with Crippen molar-refractivity contribution in [2.24, 2.45) is 13.0 Å². The van der Waals surface area contributed by atoms with E-state index in [0.717, 1.165) is 36.1 Å². The minimum atomic E-state index is -0.391. The van der Waals surface area contributed by atoms with E-state index >= 15 is 0 Å². The summed E-state index contributed by atoms with van der Waals surface area (Å²) in [6.45, 7) is 6.03. The van der Waals surface area contributed by atoms with Gasteiger partial charge < -0.3 is 19.9 Å². The number of aromatic nitrogens is 3. The van der Waals surface area contributed by atoms with Gasteiger partial charge in [0.15, 0.2) is 11.0 Å². The highest BCUT2D eigenvalue weighted by molar-refractivity contribution is 7.99. The highest BCUT2D eigenvalue weighted by atomic mass is 35.5. The molecule has 0 saturated heterocycles. The van der Waals surface area contributed by atoms with Crippen molar-refractivity contribution in [2.45, 2.75) is 57.7 Å². The second kappa shape index (κ2) is 13.0. The monoisotopic (exact) mass is 589 g/mol. The highest BCUT2D eigenvalue weighted by Crippen LogP contribution is 2.38. The third kappa shape index (κ3) is 6.82. The molecule has 4 rings (SSSR count). The highest BCUT2D eigenvalue weighted by Gasteiger charge is 2.28. The lowest BCUT2D eigenvalue weighted by Gasteiger charge is -2.21. The van der Waals surface area contributed by atoms with Crippen LogP contribution in [0.25, 0.3) is 0 Å². The van der Waals surface area contributed by atoms with Crippen LogP contribution in [0.5, 0.6) is 0 Å². The number of anilines is 1. The number of hydrogen-bond donors (Lipinski definition) is 2. The molecular formula is C27H32ClN5O4S2. The quantitative estimate of drug-likeness (QED) is 0.239. The molecule has 208 valence electrons. The van der Waals surface area contributed by atoms with Gasteiger partial charge >= 0.3 is 5.97 Å². The molecule has 9 nitrogen and oxygen atoms in total. The molecule has 39 heavy (non-hydrogen) atoms. The lowest BCUT2D eigenvalue weighted by molar-refractivity contribution is -0.113. The van der Waals surface area contributed by atoms with E-state index in [1.165, 1.54) is 23.1 Å². The molecule has 0 fully saturated rings. The van der Waals surface area contributed by atoms with Gasteiger partial charge in [-0.15, -0.1) is 21.5 Å². The number of rotatable bonds is 10. The zero-order chi connectivity index (χ0) is 28.1. The summed E-state index contributed by atoms with van der Waals surface area (Å²) in [5.41, 5.74) is 1.99. The van der Waals surface area contributed by atoms with Crippen molar-refractivity contribution in [1.29, 1.82) is 0 Å². The fraction of sp³-hybridized carbons (Fsp3) is 0.444. The van der Waals surface area contributed by atoms with Gasteiger partial charge in [-0.25, -0.2) is 4.79 Å². The molecule has 3 aromatic rings. The fourth-order valence-electron chi connectivity index (χ4n) is 4.44. The van der Waals surface area contributed by atoms with Crippen molar-refractivity contribution in [2.75, 3.05) is 17.7 Å². The lowest BCUT2D eigenvalue weighted by Crippen LogP contribution is -2.33. The van der Waals surface area contributed by atoms with E-state index < -0.39 is 12.0 Å². The van der Waals surface area contributed by atoms with E-state index in [1.807, 2.05) is 20.9 Å². The third-order valence-electron chi connectivity index (χ3n) is 6.44. The molecule has 12 heteroatoms. The number of benzene rings is 1. The molecular weight excluding hydrogens is 558 g/mol. The molecule has 1 aliphatic carbocycles. The minimum absolute atomic E-state index is 0.0384. The first kappa shape index (κ1) is 29.1. The Bertz CT molecular complexity index is 1350. The van der Waals surface area contributed by atoms with Gasteiger partial charge in [0.1, 0.15) is 5.00 Å². The zero-order valence-corrected chi connectivity index (χ0v) is 24.8. The summed E-state index contributed by atoms with van der Waals surface area (Å²) in [6.07, 6.45) is 3.82. The number of carbonyl (C=O) groups excluding carboxylic acids is 3. The van der Waals surface area contributed by atoms with Crippen LogP contribution in [-0.2, 0) is 29.4 Å². The summed E-state index contributed by atoms with van der Waals surface area (Å²) in [4.78, 5) is 39.6. The maximum atomic E-state index is 12.9. The first-order valence-electron chi connectivity index (χ1n) is 12.9. The Hall–Kier alpha value is -2.89. The molecule has 0 aliphatic heterocycles. The number of amides is 2. The van der Waals surface area contributed by atoms with Crippen LogP contribution in [0.2, 0.25) is 5.02 Å². The van der Waals surface area contributed by atoms with Crippen molar-refractivity contribution < 1.29 is 19.1 Å². The Labute approximate surface area is 241 Å². The van der Waals surface area contributed by atoms with Gasteiger partial charge in [-0.1, -0.05) is 37.2 Å². The Morgan fingerprint density at radius 2 is 1.87 bits per heavy atom. The summed E-state index contributed by atoms with van der Waals surface area (Å²) in [5.74, 6) is -0.163. The largest absolute Gasteiger partial charge is 0.462 e. The molecule has 2 heterocycles. The molecule has 1 atom stereocenters. The Morgan fingerprint density at radius 1 is 1.15 bits per heavy atom. The van der Waals surface area contributed by atoms with Gasteiger partial charge in [0, 0.05) is 22.5 Å². The van der Waals surface area contributed by atoms with Crippen LogP contribution in [0.4, 0.5) is 5.00 Å². The summed E-state index contributed by atoms with van der Waals surface area (Å²) in [6, 6.07) is 6.29. The molecule has 0 radical (unpaired) electrons. The number of thioether (sulfide) groups is 1. The molecule has 0 unspecified atom stereocenters. The fourth-order valence-corrected chi connectivity index (χ4v) is 6.58. The molecule has 1 aromatic carbocycles. The van der Waals surface area contributed by atoms with Gasteiger partial charge in [-0.3, -0.25) is 9.59 Å². The Kier molecular flexibility index (Phi) is 9.68. The molecule has 0 bridgehead atoms. The van der Waals surface area contributed by atoms with Crippen LogP contribution in [0.1, 0.15) is 76.6 Å². The van der Waals surface area contributed by atoms with Gasteiger partial charge in [0.25, 0.3) is 5.91 Å². The van der Waals surface area contributed by atoms with E-state index in [0.29, 0.717) is 32.1 Å². The van der Waals surface area contributed by atoms with Crippen molar-refractivity contribution in [3.05, 3.63) is 56.7 Å². The SMILES string of the molecule is CCOC(=O)c1c(NC(=O)CSc2nnc([C@@H](NC(=O)c3ccc(Cl)cc3)C(C)C)n2C)sc2c1CCCC2. The number of ether oxygens (including phenoxy) is 1. The predicted octanol–water partition coefficient (Wildman–Crippen LogP) is 5.44. The number of carbonyl (C=O) groups is 3. The normalized spacial score (nSPS) is 13.6. The molecule has 0 spiro atoms. The van der Waals surface area contributed by atoms with Crippen LogP contribution >= 0.6 is 34.7 Å². The van der Waals surface area contributed by atoms with E-state index in [1.54, 1.807) is 35.8 Å². The maximum absolute atomic E-state index is 12.9. The number of halogens is 1. The van der Waals surface area contributed by atoms with Gasteiger partial charge in [-0.05, 0) is 68.4 Å². The van der Waals surface area contributed by atoms with Crippen LogP contribution in [0, 0.1) is 5.92 Å². The first-order chi connectivity index (χ1) is 18.7. The van der Waals surface area contributed by atoms with Crippen molar-refractivity contribution in [1.82, 2.24) is 20.1 Å². The number of aryl methyl sites for hydroxylation is 1.